The Hall–Kier alpha value is -3.98. The lowest BCUT2D eigenvalue weighted by Crippen LogP contribution is -2.29. The maximum atomic E-state index is 14.0. The number of hydrogen-bond acceptors (Lipinski definition) is 7. The van der Waals surface area contributed by atoms with Crippen LogP contribution in [0.2, 0.25) is 0 Å². The Balaban J connectivity index is 1.34. The molecule has 0 amide bonds. The number of hydrogen-bond donors (Lipinski definition) is 4. The van der Waals surface area contributed by atoms with Gasteiger partial charge in [0.2, 0.25) is 5.95 Å². The summed E-state index contributed by atoms with van der Waals surface area (Å²) in [6.45, 7) is 1.90. The van der Waals surface area contributed by atoms with Crippen molar-refractivity contribution in [3.05, 3.63) is 76.5 Å². The lowest BCUT2D eigenvalue weighted by molar-refractivity contribution is 0.0171. The molecule has 0 saturated heterocycles. The molecule has 4 aromatic rings. The van der Waals surface area contributed by atoms with Crippen molar-refractivity contribution in [3.8, 4) is 5.75 Å². The smallest absolute Gasteiger partial charge is 0.272 e. The van der Waals surface area contributed by atoms with Crippen LogP contribution in [-0.2, 0) is 0 Å². The molecule has 1 saturated carbocycles. The standard InChI is InChI=1S/C27H28FN5O3/c1-27(35)11-8-16(9-12-27)17-6-7-20(22(15-17)36-2)31-26-29-13-10-23(32-26)30-21-14-18-4-3-5-19(28)24(18)33-25(21)34/h3-7,10,13-16,35H,8-9,11-12H2,1-2H3,(H,33,34)(H2,29,30,31,32). The second kappa shape index (κ2) is 9.58. The number of nitrogens with zero attached hydrogens (tertiary/aromatic N) is 2. The van der Waals surface area contributed by atoms with E-state index in [-0.39, 0.29) is 11.2 Å². The van der Waals surface area contributed by atoms with Crippen molar-refractivity contribution in [2.24, 2.45) is 0 Å². The van der Waals surface area contributed by atoms with Crippen molar-refractivity contribution in [2.45, 2.75) is 44.1 Å². The Morgan fingerprint density at radius 3 is 2.69 bits per heavy atom. The van der Waals surface area contributed by atoms with E-state index < -0.39 is 17.0 Å². The molecule has 0 radical (unpaired) electrons. The van der Waals surface area contributed by atoms with Crippen molar-refractivity contribution in [1.82, 2.24) is 15.0 Å². The third kappa shape index (κ3) is 5.01. The molecule has 4 N–H and O–H groups in total. The highest BCUT2D eigenvalue weighted by Gasteiger charge is 2.29. The maximum Gasteiger partial charge on any atom is 0.272 e. The predicted molar refractivity (Wildman–Crippen MR) is 138 cm³/mol. The topological polar surface area (TPSA) is 112 Å². The lowest BCUT2D eigenvalue weighted by atomic mass is 9.77. The van der Waals surface area contributed by atoms with E-state index in [4.69, 9.17) is 4.74 Å². The van der Waals surface area contributed by atoms with Crippen LogP contribution in [-0.4, -0.2) is 32.8 Å². The minimum atomic E-state index is -0.577. The summed E-state index contributed by atoms with van der Waals surface area (Å²) in [7, 11) is 1.61. The number of aromatic amines is 1. The molecule has 1 aliphatic rings. The van der Waals surface area contributed by atoms with Gasteiger partial charge in [-0.3, -0.25) is 4.79 Å². The number of halogens is 1. The fourth-order valence-electron chi connectivity index (χ4n) is 4.67. The zero-order valence-corrected chi connectivity index (χ0v) is 20.1. The van der Waals surface area contributed by atoms with E-state index in [1.54, 1.807) is 37.6 Å². The Labute approximate surface area is 207 Å². The molecule has 9 heteroatoms. The maximum absolute atomic E-state index is 14.0. The second-order valence-corrected chi connectivity index (χ2v) is 9.46. The van der Waals surface area contributed by atoms with Crippen molar-refractivity contribution >= 4 is 34.0 Å². The normalized spacial score (nSPS) is 19.7. The summed E-state index contributed by atoms with van der Waals surface area (Å²) in [5.41, 5.74) is 1.25. The number of H-pyrrole nitrogens is 1. The highest BCUT2D eigenvalue weighted by atomic mass is 19.1. The number of methoxy groups -OCH3 is 1. The van der Waals surface area contributed by atoms with Crippen molar-refractivity contribution in [1.29, 1.82) is 0 Å². The summed E-state index contributed by atoms with van der Waals surface area (Å²) in [4.78, 5) is 23.8. The van der Waals surface area contributed by atoms with Gasteiger partial charge in [-0.05, 0) is 74.4 Å². The fourth-order valence-corrected chi connectivity index (χ4v) is 4.67. The first-order valence-corrected chi connectivity index (χ1v) is 11.9. The second-order valence-electron chi connectivity index (χ2n) is 9.46. The quantitative estimate of drug-likeness (QED) is 0.288. The zero-order chi connectivity index (χ0) is 25.3. The number of para-hydroxylation sites is 1. The summed E-state index contributed by atoms with van der Waals surface area (Å²) in [6, 6.07) is 13.8. The molecule has 0 bridgehead atoms. The number of nitrogens with one attached hydrogen (secondary N) is 3. The van der Waals surface area contributed by atoms with Crippen LogP contribution in [0.4, 0.5) is 27.5 Å². The lowest BCUT2D eigenvalue weighted by Gasteiger charge is -2.33. The Morgan fingerprint density at radius 1 is 1.11 bits per heavy atom. The van der Waals surface area contributed by atoms with Crippen molar-refractivity contribution < 1.29 is 14.2 Å². The van der Waals surface area contributed by atoms with Crippen molar-refractivity contribution in [3.63, 3.8) is 0 Å². The monoisotopic (exact) mass is 489 g/mol. The summed E-state index contributed by atoms with van der Waals surface area (Å²) in [5, 5.41) is 17.0. The highest BCUT2D eigenvalue weighted by molar-refractivity contribution is 5.82. The Bertz CT molecular complexity index is 1460. The van der Waals surface area contributed by atoms with Crippen LogP contribution >= 0.6 is 0 Å². The van der Waals surface area contributed by atoms with Gasteiger partial charge in [0.1, 0.15) is 23.1 Å². The number of aromatic nitrogens is 3. The number of benzene rings is 2. The van der Waals surface area contributed by atoms with Gasteiger partial charge >= 0.3 is 0 Å². The molecule has 2 heterocycles. The van der Waals surface area contributed by atoms with Gasteiger partial charge in [0.15, 0.2) is 0 Å². The number of rotatable bonds is 6. The fraction of sp³-hybridized carbons (Fsp3) is 0.296. The molecular weight excluding hydrogens is 461 g/mol. The zero-order valence-electron chi connectivity index (χ0n) is 20.1. The van der Waals surface area contributed by atoms with Gasteiger partial charge in [-0.25, -0.2) is 9.37 Å². The van der Waals surface area contributed by atoms with E-state index in [9.17, 15) is 14.3 Å². The summed E-state index contributed by atoms with van der Waals surface area (Å²) in [5.74, 6) is 1.28. The third-order valence-electron chi connectivity index (χ3n) is 6.75. The van der Waals surface area contributed by atoms with E-state index in [0.29, 0.717) is 34.5 Å². The SMILES string of the molecule is COc1cc(C2CCC(C)(O)CC2)ccc1Nc1nccc(Nc2cc3cccc(F)c3[nH]c2=O)n1. The van der Waals surface area contributed by atoms with Crippen LogP contribution < -0.4 is 20.9 Å². The molecule has 8 nitrogen and oxygen atoms in total. The molecule has 0 spiro atoms. The molecule has 2 aromatic heterocycles. The molecule has 1 fully saturated rings. The largest absolute Gasteiger partial charge is 0.495 e. The summed E-state index contributed by atoms with van der Waals surface area (Å²) in [6.07, 6.45) is 4.99. The van der Waals surface area contributed by atoms with E-state index >= 15 is 0 Å². The molecule has 5 rings (SSSR count). The van der Waals surface area contributed by atoms with E-state index in [1.165, 1.54) is 11.6 Å². The van der Waals surface area contributed by atoms with Crippen molar-refractivity contribution in [2.75, 3.05) is 17.7 Å². The molecular formula is C27H28FN5O3. The van der Waals surface area contributed by atoms with Crippen LogP contribution in [0.1, 0.15) is 44.1 Å². The Kier molecular flexibility index (Phi) is 6.32. The van der Waals surface area contributed by atoms with Crippen LogP contribution in [0.3, 0.4) is 0 Å². The van der Waals surface area contributed by atoms with E-state index in [1.807, 2.05) is 19.1 Å². The number of fused-ring (bicyclic) bond motifs is 1. The van der Waals surface area contributed by atoms with E-state index in [2.05, 4.69) is 31.7 Å². The summed E-state index contributed by atoms with van der Waals surface area (Å²) >= 11 is 0. The average Bonchev–Trinajstić information content (AvgIpc) is 2.86. The van der Waals surface area contributed by atoms with Crippen LogP contribution in [0.5, 0.6) is 5.75 Å². The van der Waals surface area contributed by atoms with Gasteiger partial charge in [-0.2, -0.15) is 4.98 Å². The average molecular weight is 490 g/mol. The molecule has 0 aliphatic heterocycles. The van der Waals surface area contributed by atoms with Crippen LogP contribution in [0, 0.1) is 5.82 Å². The molecule has 0 atom stereocenters. The minimum absolute atomic E-state index is 0.159. The minimum Gasteiger partial charge on any atom is -0.495 e. The first kappa shape index (κ1) is 23.7. The number of ether oxygens (including phenoxy) is 1. The first-order chi connectivity index (χ1) is 17.3. The van der Waals surface area contributed by atoms with Gasteiger partial charge < -0.3 is 25.5 Å². The molecule has 2 aromatic carbocycles. The molecule has 0 unspecified atom stereocenters. The first-order valence-electron chi connectivity index (χ1n) is 11.9. The number of aliphatic hydroxyl groups is 1. The predicted octanol–water partition coefficient (Wildman–Crippen LogP) is 5.36. The van der Waals surface area contributed by atoms with Crippen LogP contribution in [0.15, 0.2) is 59.5 Å². The number of pyridine rings is 1. The molecule has 186 valence electrons. The molecule has 1 aliphatic carbocycles. The van der Waals surface area contributed by atoms with Gasteiger partial charge in [-0.15, -0.1) is 0 Å². The van der Waals surface area contributed by atoms with E-state index in [0.717, 1.165) is 25.7 Å². The number of anilines is 4. The van der Waals surface area contributed by atoms with Crippen LogP contribution in [0.25, 0.3) is 10.9 Å². The Morgan fingerprint density at radius 2 is 1.92 bits per heavy atom. The van der Waals surface area contributed by atoms with Gasteiger partial charge in [-0.1, -0.05) is 18.2 Å². The van der Waals surface area contributed by atoms with Gasteiger partial charge in [0.05, 0.1) is 23.9 Å². The summed E-state index contributed by atoms with van der Waals surface area (Å²) < 4.78 is 19.6. The molecule has 36 heavy (non-hydrogen) atoms. The van der Waals surface area contributed by atoms with Gasteiger partial charge in [0, 0.05) is 11.6 Å². The van der Waals surface area contributed by atoms with Gasteiger partial charge in [0.25, 0.3) is 5.56 Å². The highest BCUT2D eigenvalue weighted by Crippen LogP contribution is 2.40. The third-order valence-corrected chi connectivity index (χ3v) is 6.75.